The first-order valence-corrected chi connectivity index (χ1v) is 4.66. The minimum atomic E-state index is -4.86. The third-order valence-corrected chi connectivity index (χ3v) is 2.03. The van der Waals surface area contributed by atoms with Gasteiger partial charge in [0.05, 0.1) is 5.56 Å². The summed E-state index contributed by atoms with van der Waals surface area (Å²) in [4.78, 5) is 0. The third-order valence-electron chi connectivity index (χ3n) is 2.03. The molecule has 4 nitrogen and oxygen atoms in total. The van der Waals surface area contributed by atoms with Crippen LogP contribution in [0.15, 0.2) is 12.1 Å². The Hall–Kier alpha value is -1.32. The van der Waals surface area contributed by atoms with Crippen molar-refractivity contribution < 1.29 is 37.1 Å². The second-order valence-electron chi connectivity index (χ2n) is 3.26. The molecule has 0 spiro atoms. The van der Waals surface area contributed by atoms with Crippen LogP contribution in [0, 0.1) is 5.82 Å². The fraction of sp³-hybridized carbons (Fsp3) is 0.333. The average molecular weight is 268 g/mol. The first kappa shape index (κ1) is 14.7. The monoisotopic (exact) mass is 268 g/mol. The SMILES string of the molecule is COCOc1c(F)ccc(C(F)(F)F)c1B(O)O. The molecule has 1 aromatic carbocycles. The molecule has 0 fully saturated rings. The largest absolute Gasteiger partial charge is 0.492 e. The Labute approximate surface area is 99.9 Å². The lowest BCUT2D eigenvalue weighted by molar-refractivity contribution is -0.137. The van der Waals surface area contributed by atoms with Gasteiger partial charge in [-0.1, -0.05) is 0 Å². The zero-order valence-corrected chi connectivity index (χ0v) is 9.16. The van der Waals surface area contributed by atoms with Crippen molar-refractivity contribution in [3.8, 4) is 5.75 Å². The van der Waals surface area contributed by atoms with Gasteiger partial charge in [-0.3, -0.25) is 0 Å². The van der Waals surface area contributed by atoms with E-state index in [-0.39, 0.29) is 0 Å². The smallest absolute Gasteiger partial charge is 0.465 e. The van der Waals surface area contributed by atoms with Gasteiger partial charge in [-0.2, -0.15) is 13.2 Å². The van der Waals surface area contributed by atoms with Crippen LogP contribution in [0.1, 0.15) is 5.56 Å². The molecule has 2 N–H and O–H groups in total. The van der Waals surface area contributed by atoms with Gasteiger partial charge >= 0.3 is 13.3 Å². The fourth-order valence-corrected chi connectivity index (χ4v) is 1.34. The normalized spacial score (nSPS) is 11.5. The summed E-state index contributed by atoms with van der Waals surface area (Å²) in [5.74, 6) is -2.05. The van der Waals surface area contributed by atoms with Gasteiger partial charge in [0.15, 0.2) is 18.4 Å². The first-order valence-electron chi connectivity index (χ1n) is 4.66. The number of alkyl halides is 3. The first-order chi connectivity index (χ1) is 8.29. The van der Waals surface area contributed by atoms with E-state index in [1.165, 1.54) is 7.11 Å². The van der Waals surface area contributed by atoms with Gasteiger partial charge in [-0.15, -0.1) is 0 Å². The quantitative estimate of drug-likeness (QED) is 0.474. The average Bonchev–Trinajstić information content (AvgIpc) is 2.25. The van der Waals surface area contributed by atoms with Crippen LogP contribution in [0.3, 0.4) is 0 Å². The molecule has 0 aliphatic rings. The molecule has 0 saturated carbocycles. The molecule has 0 aliphatic heterocycles. The maximum absolute atomic E-state index is 13.3. The van der Waals surface area contributed by atoms with Crippen LogP contribution in [-0.2, 0) is 10.9 Å². The van der Waals surface area contributed by atoms with E-state index < -0.39 is 42.7 Å². The topological polar surface area (TPSA) is 58.9 Å². The molecule has 0 aliphatic carbocycles. The van der Waals surface area contributed by atoms with Crippen molar-refractivity contribution in [2.75, 3.05) is 13.9 Å². The predicted molar refractivity (Wildman–Crippen MR) is 53.7 cm³/mol. The van der Waals surface area contributed by atoms with E-state index in [9.17, 15) is 17.6 Å². The van der Waals surface area contributed by atoms with Gasteiger partial charge in [0.2, 0.25) is 0 Å². The van der Waals surface area contributed by atoms with Crippen LogP contribution in [-0.4, -0.2) is 31.1 Å². The summed E-state index contributed by atoms with van der Waals surface area (Å²) in [5, 5.41) is 17.9. The van der Waals surface area contributed by atoms with Crippen molar-refractivity contribution in [2.24, 2.45) is 0 Å². The Morgan fingerprint density at radius 3 is 2.33 bits per heavy atom. The van der Waals surface area contributed by atoms with Crippen molar-refractivity contribution >= 4 is 12.6 Å². The van der Waals surface area contributed by atoms with Gasteiger partial charge in [-0.25, -0.2) is 4.39 Å². The maximum atomic E-state index is 13.3. The molecule has 0 heterocycles. The fourth-order valence-electron chi connectivity index (χ4n) is 1.34. The second kappa shape index (κ2) is 5.55. The molecular formula is C9H9BF4O4. The van der Waals surface area contributed by atoms with Crippen LogP contribution < -0.4 is 10.2 Å². The van der Waals surface area contributed by atoms with Gasteiger partial charge in [-0.05, 0) is 12.1 Å². The van der Waals surface area contributed by atoms with Gasteiger partial charge in [0.25, 0.3) is 0 Å². The zero-order valence-electron chi connectivity index (χ0n) is 9.16. The number of ether oxygens (including phenoxy) is 2. The summed E-state index contributed by atoms with van der Waals surface area (Å²) in [6, 6.07) is 0.934. The van der Waals surface area contributed by atoms with Crippen molar-refractivity contribution in [1.82, 2.24) is 0 Å². The highest BCUT2D eigenvalue weighted by atomic mass is 19.4. The van der Waals surface area contributed by atoms with Crippen LogP contribution in [0.5, 0.6) is 5.75 Å². The standard InChI is InChI=1S/C9H9BF4O4/c1-17-4-18-8-6(11)3-2-5(9(12,13)14)7(8)10(15)16/h2-3,15-16H,4H2,1H3. The van der Waals surface area contributed by atoms with Gasteiger partial charge < -0.3 is 19.5 Å². The van der Waals surface area contributed by atoms with Gasteiger partial charge in [0.1, 0.15) is 0 Å². The van der Waals surface area contributed by atoms with E-state index in [0.29, 0.717) is 12.1 Å². The highest BCUT2D eigenvalue weighted by molar-refractivity contribution is 6.60. The minimum absolute atomic E-state index is 0.407. The number of hydrogen-bond acceptors (Lipinski definition) is 4. The minimum Gasteiger partial charge on any atom is -0.465 e. The summed E-state index contributed by atoms with van der Waals surface area (Å²) >= 11 is 0. The van der Waals surface area contributed by atoms with E-state index >= 15 is 0 Å². The van der Waals surface area contributed by atoms with Crippen molar-refractivity contribution in [3.05, 3.63) is 23.5 Å². The van der Waals surface area contributed by atoms with E-state index in [1.54, 1.807) is 0 Å². The number of hydrogen-bond donors (Lipinski definition) is 2. The Bertz CT molecular complexity index is 422. The molecule has 1 rings (SSSR count). The van der Waals surface area contributed by atoms with Crippen LogP contribution >= 0.6 is 0 Å². The summed E-state index contributed by atoms with van der Waals surface area (Å²) in [5.41, 5.74) is -2.47. The Morgan fingerprint density at radius 2 is 1.89 bits per heavy atom. The molecule has 1 aromatic rings. The third kappa shape index (κ3) is 3.12. The predicted octanol–water partition coefficient (Wildman–Crippen LogP) is 0.507. The van der Waals surface area contributed by atoms with Gasteiger partial charge in [0, 0.05) is 12.6 Å². The molecule has 0 radical (unpaired) electrons. The Morgan fingerprint density at radius 1 is 1.28 bits per heavy atom. The Balaban J connectivity index is 3.38. The lowest BCUT2D eigenvalue weighted by Gasteiger charge is -2.17. The molecular weight excluding hydrogens is 259 g/mol. The number of benzene rings is 1. The van der Waals surface area contributed by atoms with Crippen molar-refractivity contribution in [1.29, 1.82) is 0 Å². The van der Waals surface area contributed by atoms with Crippen LogP contribution in [0.2, 0.25) is 0 Å². The maximum Gasteiger partial charge on any atom is 0.492 e. The lowest BCUT2D eigenvalue weighted by Crippen LogP contribution is -2.38. The molecule has 0 unspecified atom stereocenters. The van der Waals surface area contributed by atoms with E-state index in [1.807, 2.05) is 0 Å². The van der Waals surface area contributed by atoms with Crippen molar-refractivity contribution in [2.45, 2.75) is 6.18 Å². The van der Waals surface area contributed by atoms with E-state index in [2.05, 4.69) is 9.47 Å². The molecule has 100 valence electrons. The van der Waals surface area contributed by atoms with Crippen molar-refractivity contribution in [3.63, 3.8) is 0 Å². The van der Waals surface area contributed by atoms with Crippen LogP contribution in [0.4, 0.5) is 17.6 Å². The second-order valence-corrected chi connectivity index (χ2v) is 3.26. The molecule has 18 heavy (non-hydrogen) atoms. The summed E-state index contributed by atoms with van der Waals surface area (Å²) in [6.07, 6.45) is -4.86. The van der Waals surface area contributed by atoms with Crippen LogP contribution in [0.25, 0.3) is 0 Å². The zero-order chi connectivity index (χ0) is 13.9. The molecule has 0 amide bonds. The highest BCUT2D eigenvalue weighted by Crippen LogP contribution is 2.31. The summed E-state index contributed by atoms with van der Waals surface area (Å²) < 4.78 is 60.2. The number of rotatable bonds is 4. The highest BCUT2D eigenvalue weighted by Gasteiger charge is 2.39. The molecule has 0 saturated heterocycles. The molecule has 0 atom stereocenters. The molecule has 0 aromatic heterocycles. The number of methoxy groups -OCH3 is 1. The molecule has 0 bridgehead atoms. The summed E-state index contributed by atoms with van der Waals surface area (Å²) in [7, 11) is -1.34. The number of halogens is 4. The molecule has 9 heteroatoms. The van der Waals surface area contributed by atoms with E-state index in [4.69, 9.17) is 10.0 Å². The summed E-state index contributed by atoms with van der Waals surface area (Å²) in [6.45, 7) is -0.530. The Kier molecular flexibility index (Phi) is 4.55. The lowest BCUT2D eigenvalue weighted by atomic mass is 9.76. The van der Waals surface area contributed by atoms with E-state index in [0.717, 1.165) is 0 Å².